The van der Waals surface area contributed by atoms with E-state index in [1.807, 2.05) is 13.8 Å². The summed E-state index contributed by atoms with van der Waals surface area (Å²) in [6.45, 7) is 12.6. The van der Waals surface area contributed by atoms with Crippen molar-refractivity contribution in [3.63, 3.8) is 0 Å². The number of hydrogen-bond acceptors (Lipinski definition) is 2. The van der Waals surface area contributed by atoms with E-state index in [0.29, 0.717) is 39.9 Å². The van der Waals surface area contributed by atoms with Gasteiger partial charge in [-0.3, -0.25) is 9.59 Å². The lowest BCUT2D eigenvalue weighted by Crippen LogP contribution is -2.13. The summed E-state index contributed by atoms with van der Waals surface area (Å²) in [7, 11) is 0. The zero-order valence-electron chi connectivity index (χ0n) is 19.1. The van der Waals surface area contributed by atoms with Crippen LogP contribution in [0.1, 0.15) is 60.2 Å². The summed E-state index contributed by atoms with van der Waals surface area (Å²) >= 11 is 0. The molecule has 0 fully saturated rings. The van der Waals surface area contributed by atoms with Gasteiger partial charge in [-0.15, -0.1) is 0 Å². The highest BCUT2D eigenvalue weighted by atomic mass is 19.4. The van der Waals surface area contributed by atoms with Gasteiger partial charge < -0.3 is 0 Å². The Morgan fingerprint density at radius 1 is 0.882 bits per heavy atom. The van der Waals surface area contributed by atoms with E-state index < -0.39 is 17.7 Å². The molecule has 1 unspecified atom stereocenters. The van der Waals surface area contributed by atoms with Gasteiger partial charge in [0.1, 0.15) is 5.78 Å². The van der Waals surface area contributed by atoms with Gasteiger partial charge in [0.25, 0.3) is 0 Å². The number of Topliss-reactive ketones (excluding diaryl/α,β-unsaturated/α-hetero) is 1. The first-order valence-corrected chi connectivity index (χ1v) is 10.8. The highest BCUT2D eigenvalue weighted by molar-refractivity contribution is 6.10. The average molecular weight is 463 g/mol. The molecule has 0 radical (unpaired) electrons. The Morgan fingerprint density at radius 2 is 1.50 bits per heavy atom. The summed E-state index contributed by atoms with van der Waals surface area (Å²) < 4.78 is 39.0. The second-order valence-corrected chi connectivity index (χ2v) is 8.70. The van der Waals surface area contributed by atoms with E-state index in [0.717, 1.165) is 12.1 Å². The normalized spacial score (nSPS) is 12.3. The number of rotatable bonds is 7. The lowest BCUT2D eigenvalue weighted by molar-refractivity contribution is -0.137. The number of ketones is 2. The lowest BCUT2D eigenvalue weighted by atomic mass is 9.84. The maximum Gasteiger partial charge on any atom is 0.416 e. The number of halogens is 3. The zero-order valence-corrected chi connectivity index (χ0v) is 19.1. The predicted octanol–water partition coefficient (Wildman–Crippen LogP) is 7.87. The molecule has 0 amide bonds. The quantitative estimate of drug-likeness (QED) is 0.264. The van der Waals surface area contributed by atoms with Crippen molar-refractivity contribution in [3.8, 4) is 11.1 Å². The van der Waals surface area contributed by atoms with Crippen LogP contribution >= 0.6 is 0 Å². The van der Waals surface area contributed by atoms with Crippen LogP contribution in [0.25, 0.3) is 16.0 Å². The molecule has 174 valence electrons. The Morgan fingerprint density at radius 3 is 2.00 bits per heavy atom. The fourth-order valence-corrected chi connectivity index (χ4v) is 3.86. The number of alkyl halides is 3. The predicted molar refractivity (Wildman–Crippen MR) is 126 cm³/mol. The van der Waals surface area contributed by atoms with Crippen molar-refractivity contribution in [1.82, 2.24) is 0 Å². The van der Waals surface area contributed by atoms with Crippen LogP contribution in [-0.4, -0.2) is 11.6 Å². The standard InChI is InChI=1S/C28H24F3NO2/c1-17(2)13-26(18(3)33)22-14-21(19-5-9-24(10-6-19)28(29,30)31)15-23(16-22)27(34)20-7-11-25(32-4)12-8-20/h5-12,14-17,26H,13H2,1-3H3. The van der Waals surface area contributed by atoms with E-state index in [1.165, 1.54) is 19.1 Å². The van der Waals surface area contributed by atoms with E-state index in [1.54, 1.807) is 42.5 Å². The SMILES string of the molecule is [C-]#[N+]c1ccc(C(=O)c2cc(-c3ccc(C(F)(F)F)cc3)cc(C(CC(C)C)C(C)=O)c2)cc1. The number of benzene rings is 3. The van der Waals surface area contributed by atoms with Gasteiger partial charge in [-0.25, -0.2) is 4.85 Å². The maximum atomic E-state index is 13.3. The number of nitrogens with zero attached hydrogens (tertiary/aromatic N) is 1. The van der Waals surface area contributed by atoms with Gasteiger partial charge in [-0.05, 0) is 60.2 Å². The summed E-state index contributed by atoms with van der Waals surface area (Å²) in [4.78, 5) is 29.1. The molecule has 3 nitrogen and oxygen atoms in total. The Balaban J connectivity index is 2.13. The topological polar surface area (TPSA) is 38.5 Å². The smallest absolute Gasteiger partial charge is 0.299 e. The van der Waals surface area contributed by atoms with Gasteiger partial charge in [0.15, 0.2) is 11.5 Å². The minimum absolute atomic E-state index is 0.0434. The van der Waals surface area contributed by atoms with Crippen LogP contribution in [0.3, 0.4) is 0 Å². The first kappa shape index (κ1) is 24.9. The van der Waals surface area contributed by atoms with Gasteiger partial charge in [-0.1, -0.05) is 56.3 Å². The molecule has 1 atom stereocenters. The minimum atomic E-state index is -4.45. The van der Waals surface area contributed by atoms with Crippen LogP contribution in [0.5, 0.6) is 0 Å². The molecule has 0 aliphatic carbocycles. The molecule has 3 aromatic rings. The van der Waals surface area contributed by atoms with Crippen molar-refractivity contribution in [2.75, 3.05) is 0 Å². The third-order valence-corrected chi connectivity index (χ3v) is 5.62. The van der Waals surface area contributed by atoms with Gasteiger partial charge in [0.05, 0.1) is 12.1 Å². The lowest BCUT2D eigenvalue weighted by Gasteiger charge is -2.19. The van der Waals surface area contributed by atoms with Crippen molar-refractivity contribution >= 4 is 17.3 Å². The largest absolute Gasteiger partial charge is 0.416 e. The van der Waals surface area contributed by atoms with Gasteiger partial charge in [0, 0.05) is 17.0 Å². The van der Waals surface area contributed by atoms with Gasteiger partial charge >= 0.3 is 6.18 Å². The van der Waals surface area contributed by atoms with Crippen molar-refractivity contribution in [3.05, 3.63) is 100 Å². The van der Waals surface area contributed by atoms with Crippen LogP contribution < -0.4 is 0 Å². The molecule has 3 rings (SSSR count). The highest BCUT2D eigenvalue weighted by Gasteiger charge is 2.30. The zero-order chi connectivity index (χ0) is 25.0. The first-order valence-electron chi connectivity index (χ1n) is 10.8. The highest BCUT2D eigenvalue weighted by Crippen LogP contribution is 2.34. The van der Waals surface area contributed by atoms with Crippen LogP contribution in [0.15, 0.2) is 66.7 Å². The molecule has 0 N–H and O–H groups in total. The summed E-state index contributed by atoms with van der Waals surface area (Å²) in [5, 5.41) is 0. The monoisotopic (exact) mass is 463 g/mol. The third-order valence-electron chi connectivity index (χ3n) is 5.62. The number of carbonyl (C=O) groups is 2. The average Bonchev–Trinajstić information content (AvgIpc) is 2.81. The molecule has 0 aromatic heterocycles. The van der Waals surface area contributed by atoms with Crippen molar-refractivity contribution < 1.29 is 22.8 Å². The van der Waals surface area contributed by atoms with Crippen LogP contribution in [0, 0.1) is 12.5 Å². The fraction of sp³-hybridized carbons (Fsp3) is 0.250. The van der Waals surface area contributed by atoms with Gasteiger partial charge in [0.2, 0.25) is 0 Å². The molecule has 0 saturated heterocycles. The van der Waals surface area contributed by atoms with Gasteiger partial charge in [-0.2, -0.15) is 13.2 Å². The Labute approximate surface area is 197 Å². The van der Waals surface area contributed by atoms with Crippen LogP contribution in [0.4, 0.5) is 18.9 Å². The van der Waals surface area contributed by atoms with Crippen LogP contribution in [0.2, 0.25) is 0 Å². The molecule has 3 aromatic carbocycles. The molecule has 34 heavy (non-hydrogen) atoms. The van der Waals surface area contributed by atoms with E-state index in [9.17, 15) is 22.8 Å². The van der Waals surface area contributed by atoms with Crippen LogP contribution in [-0.2, 0) is 11.0 Å². The Bertz CT molecular complexity index is 1230. The molecule has 6 heteroatoms. The molecule has 0 saturated carbocycles. The molecule has 0 heterocycles. The molecule has 0 bridgehead atoms. The van der Waals surface area contributed by atoms with Crippen molar-refractivity contribution in [1.29, 1.82) is 0 Å². The van der Waals surface area contributed by atoms with E-state index in [-0.39, 0.29) is 17.5 Å². The first-order chi connectivity index (χ1) is 16.0. The van der Waals surface area contributed by atoms with E-state index >= 15 is 0 Å². The van der Waals surface area contributed by atoms with E-state index in [4.69, 9.17) is 6.57 Å². The van der Waals surface area contributed by atoms with Crippen molar-refractivity contribution in [2.45, 2.75) is 39.3 Å². The molecule has 0 spiro atoms. The third kappa shape index (κ3) is 5.79. The fourth-order valence-electron chi connectivity index (χ4n) is 3.86. The molecule has 0 aliphatic rings. The summed E-state index contributed by atoms with van der Waals surface area (Å²) in [6, 6.07) is 16.1. The van der Waals surface area contributed by atoms with Crippen molar-refractivity contribution in [2.24, 2.45) is 5.92 Å². The summed E-state index contributed by atoms with van der Waals surface area (Å²) in [5.41, 5.74) is 2.08. The molecule has 0 aliphatic heterocycles. The molecular formula is C28H24F3NO2. The minimum Gasteiger partial charge on any atom is -0.299 e. The molecular weight excluding hydrogens is 439 g/mol. The maximum absolute atomic E-state index is 13.3. The Hall–Kier alpha value is -3.72. The number of carbonyl (C=O) groups excluding carboxylic acids is 2. The number of hydrogen-bond donors (Lipinski definition) is 0. The Kier molecular flexibility index (Phi) is 7.36. The summed E-state index contributed by atoms with van der Waals surface area (Å²) in [6.07, 6.45) is -3.87. The summed E-state index contributed by atoms with van der Waals surface area (Å²) in [5.74, 6) is -0.550. The van der Waals surface area contributed by atoms with E-state index in [2.05, 4.69) is 4.85 Å². The second-order valence-electron chi connectivity index (χ2n) is 8.70. The second kappa shape index (κ2) is 10.0.